The highest BCUT2D eigenvalue weighted by Gasteiger charge is 2.30. The summed E-state index contributed by atoms with van der Waals surface area (Å²) in [6, 6.07) is 9.54. The lowest BCUT2D eigenvalue weighted by Crippen LogP contribution is -2.05. The molecule has 2 aromatic rings. The number of halogens is 3. The van der Waals surface area contributed by atoms with Crippen molar-refractivity contribution in [2.24, 2.45) is 0 Å². The molecule has 1 radical (unpaired) electrons. The van der Waals surface area contributed by atoms with Crippen LogP contribution in [0.5, 0.6) is 0 Å². The maximum atomic E-state index is 12.3. The third-order valence-corrected chi connectivity index (χ3v) is 2.31. The summed E-state index contributed by atoms with van der Waals surface area (Å²) in [7, 11) is 0. The van der Waals surface area contributed by atoms with Crippen molar-refractivity contribution in [1.29, 1.82) is 0 Å². The van der Waals surface area contributed by atoms with Crippen LogP contribution in [0.15, 0.2) is 42.6 Å². The summed E-state index contributed by atoms with van der Waals surface area (Å²) in [6.07, 6.45) is -3.51. The van der Waals surface area contributed by atoms with Crippen LogP contribution < -0.4 is 0 Å². The van der Waals surface area contributed by atoms with Crippen molar-refractivity contribution in [2.75, 3.05) is 0 Å². The van der Waals surface area contributed by atoms with Crippen molar-refractivity contribution in [3.05, 3.63) is 60.6 Å². The molecule has 4 heteroatoms. The van der Waals surface area contributed by atoms with Gasteiger partial charge in [0.2, 0.25) is 0 Å². The summed E-state index contributed by atoms with van der Waals surface area (Å²) in [5, 5.41) is 0. The normalized spacial score (nSPS) is 11.5. The van der Waals surface area contributed by atoms with Crippen molar-refractivity contribution in [2.45, 2.75) is 6.18 Å². The minimum absolute atomic E-state index is 0.503. The average molecular weight is 236 g/mol. The average Bonchev–Trinajstić information content (AvgIpc) is 2.28. The van der Waals surface area contributed by atoms with Gasteiger partial charge in [0, 0.05) is 11.8 Å². The Kier molecular flexibility index (Phi) is 2.88. The van der Waals surface area contributed by atoms with Crippen LogP contribution in [0.25, 0.3) is 11.3 Å². The minimum Gasteiger partial charge on any atom is -0.256 e. The highest BCUT2D eigenvalue weighted by atomic mass is 19.4. The lowest BCUT2D eigenvalue weighted by molar-refractivity contribution is -0.137. The Balaban J connectivity index is 2.36. The molecule has 87 valence electrons. The third-order valence-electron chi connectivity index (χ3n) is 2.31. The first-order valence-corrected chi connectivity index (χ1v) is 4.92. The van der Waals surface area contributed by atoms with E-state index >= 15 is 0 Å². The highest BCUT2D eigenvalue weighted by Crippen LogP contribution is 2.29. The Morgan fingerprint density at radius 3 is 2.35 bits per heavy atom. The van der Waals surface area contributed by atoms with Crippen molar-refractivity contribution in [3.8, 4) is 11.3 Å². The van der Waals surface area contributed by atoms with Gasteiger partial charge in [0.25, 0.3) is 0 Å². The van der Waals surface area contributed by atoms with Gasteiger partial charge in [-0.25, -0.2) is 0 Å². The lowest BCUT2D eigenvalue weighted by atomic mass is 10.1. The van der Waals surface area contributed by atoms with E-state index in [1.54, 1.807) is 18.2 Å². The topological polar surface area (TPSA) is 12.9 Å². The molecule has 0 aliphatic carbocycles. The first kappa shape index (κ1) is 11.6. The molecule has 1 aromatic heterocycles. The number of hydrogen-bond acceptors (Lipinski definition) is 1. The Bertz CT molecular complexity index is 515. The lowest BCUT2D eigenvalue weighted by Gasteiger charge is -2.07. The summed E-state index contributed by atoms with van der Waals surface area (Å²) < 4.78 is 37.0. The maximum absolute atomic E-state index is 12.3. The number of alkyl halides is 3. The van der Waals surface area contributed by atoms with Gasteiger partial charge in [0.1, 0.15) is 0 Å². The molecule has 0 aliphatic heterocycles. The maximum Gasteiger partial charge on any atom is 0.417 e. The van der Waals surface area contributed by atoms with Gasteiger partial charge >= 0.3 is 6.18 Å². The van der Waals surface area contributed by atoms with Gasteiger partial charge in [0.15, 0.2) is 0 Å². The molecule has 1 nitrogen and oxygen atoms in total. The summed E-state index contributed by atoms with van der Waals surface area (Å²) in [6.45, 7) is 3.76. The van der Waals surface area contributed by atoms with Gasteiger partial charge in [-0.3, -0.25) is 4.98 Å². The molecule has 0 spiro atoms. The predicted molar refractivity (Wildman–Crippen MR) is 59.1 cm³/mol. The second kappa shape index (κ2) is 4.20. The van der Waals surface area contributed by atoms with Crippen molar-refractivity contribution >= 4 is 0 Å². The summed E-state index contributed by atoms with van der Waals surface area (Å²) >= 11 is 0. The van der Waals surface area contributed by atoms with E-state index in [1.165, 1.54) is 6.07 Å². The molecule has 0 saturated heterocycles. The van der Waals surface area contributed by atoms with E-state index in [0.717, 1.165) is 23.4 Å². The number of rotatable bonds is 1. The van der Waals surface area contributed by atoms with Crippen molar-refractivity contribution in [1.82, 2.24) is 4.98 Å². The molecule has 0 saturated carbocycles. The first-order valence-electron chi connectivity index (χ1n) is 4.92. The Labute approximate surface area is 96.9 Å². The fourth-order valence-corrected chi connectivity index (χ4v) is 1.46. The minimum atomic E-state index is -4.35. The van der Waals surface area contributed by atoms with Crippen LogP contribution in [-0.2, 0) is 6.18 Å². The molecule has 1 aromatic carbocycles. The second-order valence-electron chi connectivity index (χ2n) is 3.63. The number of pyridine rings is 1. The molecule has 0 amide bonds. The zero-order valence-electron chi connectivity index (χ0n) is 8.83. The molecule has 0 bridgehead atoms. The first-order chi connectivity index (χ1) is 7.97. The molecular weight excluding hydrogens is 227 g/mol. The van der Waals surface area contributed by atoms with Crippen LogP contribution in [0.3, 0.4) is 0 Å². The van der Waals surface area contributed by atoms with Crippen LogP contribution in [0.2, 0.25) is 0 Å². The number of hydrogen-bond donors (Lipinski definition) is 0. The van der Waals surface area contributed by atoms with E-state index in [0.29, 0.717) is 5.69 Å². The fraction of sp³-hybridized carbons (Fsp3) is 0.0769. The van der Waals surface area contributed by atoms with Crippen LogP contribution in [-0.4, -0.2) is 4.98 Å². The highest BCUT2D eigenvalue weighted by molar-refractivity contribution is 5.60. The summed E-state index contributed by atoms with van der Waals surface area (Å²) in [5.41, 5.74) is 1.31. The van der Waals surface area contributed by atoms with Crippen LogP contribution in [0, 0.1) is 6.92 Å². The van der Waals surface area contributed by atoms with Gasteiger partial charge in [-0.1, -0.05) is 18.2 Å². The van der Waals surface area contributed by atoms with Crippen molar-refractivity contribution < 1.29 is 13.2 Å². The molecule has 0 unspecified atom stereocenters. The summed E-state index contributed by atoms with van der Waals surface area (Å²) in [5.74, 6) is 0. The van der Waals surface area contributed by atoms with E-state index in [1.807, 2.05) is 6.07 Å². The van der Waals surface area contributed by atoms with Crippen LogP contribution >= 0.6 is 0 Å². The smallest absolute Gasteiger partial charge is 0.256 e. The van der Waals surface area contributed by atoms with Crippen LogP contribution in [0.4, 0.5) is 13.2 Å². The van der Waals surface area contributed by atoms with Gasteiger partial charge < -0.3 is 0 Å². The number of benzene rings is 1. The molecule has 0 N–H and O–H groups in total. The molecule has 0 fully saturated rings. The van der Waals surface area contributed by atoms with E-state index in [-0.39, 0.29) is 0 Å². The molecule has 0 aliphatic rings. The Hall–Kier alpha value is -1.84. The zero-order valence-corrected chi connectivity index (χ0v) is 8.83. The van der Waals surface area contributed by atoms with Gasteiger partial charge in [-0.15, -0.1) is 0 Å². The van der Waals surface area contributed by atoms with E-state index < -0.39 is 11.7 Å². The van der Waals surface area contributed by atoms with Crippen molar-refractivity contribution in [3.63, 3.8) is 0 Å². The molecule has 2 rings (SSSR count). The fourth-order valence-electron chi connectivity index (χ4n) is 1.46. The monoisotopic (exact) mass is 236 g/mol. The van der Waals surface area contributed by atoms with E-state index in [9.17, 15) is 13.2 Å². The second-order valence-corrected chi connectivity index (χ2v) is 3.63. The molecule has 0 atom stereocenters. The van der Waals surface area contributed by atoms with Gasteiger partial charge in [-0.2, -0.15) is 13.2 Å². The number of nitrogens with zero attached hydrogens (tertiary/aromatic N) is 1. The summed E-state index contributed by atoms with van der Waals surface area (Å²) in [4.78, 5) is 3.81. The molecule has 17 heavy (non-hydrogen) atoms. The SMILES string of the molecule is [CH2]c1cccc(-c2ccc(C(F)(F)F)cn2)c1. The standard InChI is InChI=1S/C13H9F3N/c1-9-3-2-4-10(7-9)12-6-5-11(8-17-12)13(14,15)16/h2-8H,1H2. The van der Waals surface area contributed by atoms with Gasteiger partial charge in [-0.05, 0) is 30.7 Å². The zero-order chi connectivity index (χ0) is 12.5. The quantitative estimate of drug-likeness (QED) is 0.730. The number of aromatic nitrogens is 1. The Morgan fingerprint density at radius 2 is 1.82 bits per heavy atom. The van der Waals surface area contributed by atoms with Gasteiger partial charge in [0.05, 0.1) is 11.3 Å². The molecule has 1 heterocycles. The largest absolute Gasteiger partial charge is 0.417 e. The third kappa shape index (κ3) is 2.64. The molecular formula is C13H9F3N. The van der Waals surface area contributed by atoms with E-state index in [4.69, 9.17) is 0 Å². The predicted octanol–water partition coefficient (Wildman–Crippen LogP) is 3.95. The van der Waals surface area contributed by atoms with E-state index in [2.05, 4.69) is 11.9 Å². The van der Waals surface area contributed by atoms with Crippen LogP contribution in [0.1, 0.15) is 11.1 Å². The Morgan fingerprint density at radius 1 is 1.06 bits per heavy atom.